The predicted octanol–water partition coefficient (Wildman–Crippen LogP) is 5.10. The summed E-state index contributed by atoms with van der Waals surface area (Å²) in [6.07, 6.45) is 16.4. The molecule has 0 saturated heterocycles. The maximum atomic E-state index is 5.58. The highest BCUT2D eigenvalue weighted by molar-refractivity contribution is 5.68. The first-order valence-corrected chi connectivity index (χ1v) is 7.23. The largest absolute Gasteiger partial charge is 0.120 e. The van der Waals surface area contributed by atoms with Crippen molar-refractivity contribution >= 4 is 6.08 Å². The van der Waals surface area contributed by atoms with E-state index in [1.165, 1.54) is 22.3 Å². The van der Waals surface area contributed by atoms with E-state index in [2.05, 4.69) is 68.3 Å². The summed E-state index contributed by atoms with van der Waals surface area (Å²) in [5.41, 5.74) is 5.75. The maximum Gasteiger partial charge on any atom is 0.0306 e. The number of rotatable bonds is 3. The summed E-state index contributed by atoms with van der Waals surface area (Å²) in [5.74, 6) is 3.24. The lowest BCUT2D eigenvalue weighted by molar-refractivity contribution is 0.380. The average Bonchev–Trinajstić information content (AvgIpc) is 3.06. The van der Waals surface area contributed by atoms with Crippen LogP contribution in [0.5, 0.6) is 0 Å². The van der Waals surface area contributed by atoms with Crippen LogP contribution >= 0.6 is 0 Å². The van der Waals surface area contributed by atoms with Crippen LogP contribution in [0.15, 0.2) is 53.6 Å². The first-order valence-electron chi connectivity index (χ1n) is 7.23. The van der Waals surface area contributed by atoms with Crippen LogP contribution in [-0.2, 0) is 0 Å². The molecule has 1 unspecified atom stereocenters. The van der Waals surface area contributed by atoms with Gasteiger partial charge in [-0.15, -0.1) is 12.3 Å². The molecule has 0 heteroatoms. The highest BCUT2D eigenvalue weighted by atomic mass is 14.4. The molecule has 2 aliphatic rings. The van der Waals surface area contributed by atoms with Gasteiger partial charge in [-0.05, 0) is 28.5 Å². The highest BCUT2D eigenvalue weighted by Gasteiger charge is 2.39. The second-order valence-corrected chi connectivity index (χ2v) is 6.21. The fourth-order valence-electron chi connectivity index (χ4n) is 3.62. The van der Waals surface area contributed by atoms with E-state index in [4.69, 9.17) is 6.42 Å². The molecule has 1 aromatic carbocycles. The molecule has 1 atom stereocenters. The Kier molecular flexibility index (Phi) is 3.14. The third kappa shape index (κ3) is 1.95. The van der Waals surface area contributed by atoms with Crippen molar-refractivity contribution in [1.29, 1.82) is 0 Å². The second kappa shape index (κ2) is 4.84. The van der Waals surface area contributed by atoms with Crippen LogP contribution < -0.4 is 0 Å². The Morgan fingerprint density at radius 2 is 2.10 bits per heavy atom. The van der Waals surface area contributed by atoms with Gasteiger partial charge < -0.3 is 0 Å². The van der Waals surface area contributed by atoms with Crippen molar-refractivity contribution in [3.63, 3.8) is 0 Å². The lowest BCUT2D eigenvalue weighted by Gasteiger charge is -2.36. The minimum Gasteiger partial charge on any atom is -0.120 e. The summed E-state index contributed by atoms with van der Waals surface area (Å²) in [5, 5.41) is 0. The molecule has 0 N–H and O–H groups in total. The highest BCUT2D eigenvalue weighted by Crippen LogP contribution is 2.52. The van der Waals surface area contributed by atoms with Gasteiger partial charge in [0.05, 0.1) is 0 Å². The van der Waals surface area contributed by atoms with Gasteiger partial charge in [0.15, 0.2) is 0 Å². The summed E-state index contributed by atoms with van der Waals surface area (Å²) in [7, 11) is 0. The molecular weight excluding hydrogens is 240 g/mol. The van der Waals surface area contributed by atoms with Gasteiger partial charge in [0.1, 0.15) is 0 Å². The van der Waals surface area contributed by atoms with E-state index in [1.54, 1.807) is 0 Å². The molecule has 100 valence electrons. The Morgan fingerprint density at radius 3 is 2.80 bits per heavy atom. The molecule has 0 aromatic heterocycles. The summed E-state index contributed by atoms with van der Waals surface area (Å²) in [6.45, 7) is 4.70. The summed E-state index contributed by atoms with van der Waals surface area (Å²) in [4.78, 5) is 0. The zero-order valence-electron chi connectivity index (χ0n) is 12.2. The molecule has 0 fully saturated rings. The Hall–Kier alpha value is -2.00. The molecule has 0 amide bonds. The molecule has 0 aliphatic heterocycles. The predicted molar refractivity (Wildman–Crippen MR) is 86.2 cm³/mol. The van der Waals surface area contributed by atoms with Crippen LogP contribution in [0.25, 0.3) is 6.08 Å². The Labute approximate surface area is 121 Å². The topological polar surface area (TPSA) is 0 Å². The molecule has 2 aliphatic carbocycles. The molecule has 3 rings (SSSR count). The SMILES string of the molecule is C#CCC1=Cc2ccccc2C1C(C)(C)C1=CC=CC1. The Balaban J connectivity index is 2.06. The van der Waals surface area contributed by atoms with Crippen LogP contribution in [0, 0.1) is 17.8 Å². The smallest absolute Gasteiger partial charge is 0.0306 e. The molecule has 0 radical (unpaired) electrons. The van der Waals surface area contributed by atoms with Crippen molar-refractivity contribution in [2.75, 3.05) is 0 Å². The van der Waals surface area contributed by atoms with Crippen LogP contribution in [0.1, 0.15) is 43.7 Å². The first kappa shape index (κ1) is 13.0. The van der Waals surface area contributed by atoms with Gasteiger partial charge in [-0.3, -0.25) is 0 Å². The van der Waals surface area contributed by atoms with Crippen molar-refractivity contribution in [1.82, 2.24) is 0 Å². The fourth-order valence-corrected chi connectivity index (χ4v) is 3.62. The van der Waals surface area contributed by atoms with Gasteiger partial charge >= 0.3 is 0 Å². The van der Waals surface area contributed by atoms with E-state index in [-0.39, 0.29) is 5.41 Å². The molecule has 20 heavy (non-hydrogen) atoms. The van der Waals surface area contributed by atoms with Crippen molar-refractivity contribution < 1.29 is 0 Å². The summed E-state index contributed by atoms with van der Waals surface area (Å²) in [6, 6.07) is 8.69. The summed E-state index contributed by atoms with van der Waals surface area (Å²) >= 11 is 0. The Bertz CT molecular complexity index is 660. The van der Waals surface area contributed by atoms with Gasteiger partial charge in [-0.1, -0.05) is 68.0 Å². The molecule has 0 nitrogen and oxygen atoms in total. The molecule has 0 spiro atoms. The number of terminal acetylenes is 1. The number of benzene rings is 1. The van der Waals surface area contributed by atoms with Gasteiger partial charge in [0.2, 0.25) is 0 Å². The van der Waals surface area contributed by atoms with Crippen molar-refractivity contribution in [2.45, 2.75) is 32.6 Å². The third-order valence-electron chi connectivity index (χ3n) is 4.65. The minimum atomic E-state index is 0.110. The lowest BCUT2D eigenvalue weighted by Crippen LogP contribution is -2.24. The zero-order chi connectivity index (χ0) is 14.2. The number of hydrogen-bond acceptors (Lipinski definition) is 0. The van der Waals surface area contributed by atoms with Crippen molar-refractivity contribution in [3.8, 4) is 12.3 Å². The van der Waals surface area contributed by atoms with E-state index >= 15 is 0 Å². The maximum absolute atomic E-state index is 5.58. The van der Waals surface area contributed by atoms with Gasteiger partial charge in [-0.2, -0.15) is 0 Å². The van der Waals surface area contributed by atoms with Crippen molar-refractivity contribution in [3.05, 3.63) is 64.8 Å². The quantitative estimate of drug-likeness (QED) is 0.663. The average molecular weight is 260 g/mol. The molecule has 0 heterocycles. The minimum absolute atomic E-state index is 0.110. The molecule has 0 bridgehead atoms. The summed E-state index contributed by atoms with van der Waals surface area (Å²) < 4.78 is 0. The lowest BCUT2D eigenvalue weighted by atomic mass is 9.67. The molecular formula is C20H20. The first-order chi connectivity index (χ1) is 9.64. The van der Waals surface area contributed by atoms with Crippen LogP contribution in [0.2, 0.25) is 0 Å². The Morgan fingerprint density at radius 1 is 1.30 bits per heavy atom. The van der Waals surface area contributed by atoms with Gasteiger partial charge in [-0.25, -0.2) is 0 Å². The van der Waals surface area contributed by atoms with E-state index in [9.17, 15) is 0 Å². The van der Waals surface area contributed by atoms with Crippen molar-refractivity contribution in [2.24, 2.45) is 5.41 Å². The fraction of sp³-hybridized carbons (Fsp3) is 0.300. The van der Waals surface area contributed by atoms with E-state index in [0.717, 1.165) is 12.8 Å². The number of hydrogen-bond donors (Lipinski definition) is 0. The number of fused-ring (bicyclic) bond motifs is 1. The monoisotopic (exact) mass is 260 g/mol. The van der Waals surface area contributed by atoms with Crippen LogP contribution in [0.3, 0.4) is 0 Å². The normalized spacial score (nSPS) is 20.4. The molecule has 0 saturated carbocycles. The third-order valence-corrected chi connectivity index (χ3v) is 4.65. The molecule has 1 aromatic rings. The van der Waals surface area contributed by atoms with Crippen LogP contribution in [0.4, 0.5) is 0 Å². The zero-order valence-corrected chi connectivity index (χ0v) is 12.2. The second-order valence-electron chi connectivity index (χ2n) is 6.21. The van der Waals surface area contributed by atoms with Gasteiger partial charge in [0, 0.05) is 12.3 Å². The van der Waals surface area contributed by atoms with E-state index in [1.807, 2.05) is 0 Å². The van der Waals surface area contributed by atoms with E-state index < -0.39 is 0 Å². The van der Waals surface area contributed by atoms with Crippen LogP contribution in [-0.4, -0.2) is 0 Å². The standard InChI is InChI=1S/C20H20/c1-4-9-16-14-15-10-5-8-13-18(15)19(16)20(2,3)17-11-6-7-12-17/h1,5-8,10-11,13-14,19H,9,12H2,2-3H3. The number of allylic oxidation sites excluding steroid dienone is 5. The van der Waals surface area contributed by atoms with E-state index in [0.29, 0.717) is 5.92 Å². The van der Waals surface area contributed by atoms with Gasteiger partial charge in [0.25, 0.3) is 0 Å².